The SMILES string of the molecule is C[C@H](C(=O)NCC#CC#CCNC(=O)[C@@H](C)C(c1ccccc1)c1ccccc1)C(c1ccccc1)c1ccccc1. The van der Waals surface area contributed by atoms with E-state index in [9.17, 15) is 9.59 Å². The maximum Gasteiger partial charge on any atom is 0.224 e. The third-order valence-corrected chi connectivity index (χ3v) is 7.40. The first-order chi connectivity index (χ1) is 20.6. The van der Waals surface area contributed by atoms with Gasteiger partial charge in [0.1, 0.15) is 0 Å². The van der Waals surface area contributed by atoms with Crippen molar-refractivity contribution in [2.45, 2.75) is 25.7 Å². The second kappa shape index (κ2) is 15.7. The summed E-state index contributed by atoms with van der Waals surface area (Å²) in [5, 5.41) is 5.84. The van der Waals surface area contributed by atoms with Gasteiger partial charge in [-0.25, -0.2) is 0 Å². The summed E-state index contributed by atoms with van der Waals surface area (Å²) in [5.41, 5.74) is 4.38. The van der Waals surface area contributed by atoms with Crippen LogP contribution in [-0.4, -0.2) is 24.9 Å². The smallest absolute Gasteiger partial charge is 0.224 e. The molecule has 0 aromatic heterocycles. The van der Waals surface area contributed by atoms with Crippen LogP contribution in [0.4, 0.5) is 0 Å². The lowest BCUT2D eigenvalue weighted by Crippen LogP contribution is -2.33. The lowest BCUT2D eigenvalue weighted by molar-refractivity contribution is -0.125. The number of amides is 2. The molecule has 4 aromatic rings. The average Bonchev–Trinajstić information content (AvgIpc) is 3.04. The van der Waals surface area contributed by atoms with E-state index >= 15 is 0 Å². The molecule has 4 rings (SSSR count). The van der Waals surface area contributed by atoms with E-state index < -0.39 is 0 Å². The standard InChI is InChI=1S/C38H36N2O2/c1-29(35(31-19-9-5-10-20-31)32-21-11-6-12-22-32)37(41)39-27-17-3-4-18-28-40-38(42)30(2)36(33-23-13-7-14-24-33)34-25-15-8-16-26-34/h5-16,19-26,29-30,35-36H,27-28H2,1-2H3,(H,39,41)(H,40,42)/t29-,30-/m0/s1. The summed E-state index contributed by atoms with van der Waals surface area (Å²) in [7, 11) is 0. The molecule has 0 bridgehead atoms. The van der Waals surface area contributed by atoms with E-state index in [0.717, 1.165) is 22.3 Å². The van der Waals surface area contributed by atoms with Crippen LogP contribution < -0.4 is 10.6 Å². The Balaban J connectivity index is 1.29. The summed E-state index contributed by atoms with van der Waals surface area (Å²) < 4.78 is 0. The van der Waals surface area contributed by atoms with Gasteiger partial charge in [0, 0.05) is 23.7 Å². The largest absolute Gasteiger partial charge is 0.345 e. The Morgan fingerprint density at radius 1 is 0.500 bits per heavy atom. The van der Waals surface area contributed by atoms with Crippen molar-refractivity contribution < 1.29 is 9.59 Å². The van der Waals surface area contributed by atoms with Crippen molar-refractivity contribution in [1.82, 2.24) is 10.6 Å². The highest BCUT2D eigenvalue weighted by atomic mass is 16.2. The second-order valence-corrected chi connectivity index (χ2v) is 10.2. The molecule has 0 unspecified atom stereocenters. The molecule has 2 N–H and O–H groups in total. The molecule has 0 radical (unpaired) electrons. The van der Waals surface area contributed by atoms with Crippen molar-refractivity contribution in [2.75, 3.05) is 13.1 Å². The Bertz CT molecular complexity index is 1350. The van der Waals surface area contributed by atoms with Crippen LogP contribution in [0.5, 0.6) is 0 Å². The molecule has 4 heteroatoms. The zero-order chi connectivity index (χ0) is 29.6. The van der Waals surface area contributed by atoms with Gasteiger partial charge in [-0.2, -0.15) is 0 Å². The molecule has 0 heterocycles. The second-order valence-electron chi connectivity index (χ2n) is 10.2. The Morgan fingerprint density at radius 2 is 0.762 bits per heavy atom. The predicted molar refractivity (Wildman–Crippen MR) is 169 cm³/mol. The lowest BCUT2D eigenvalue weighted by atomic mass is 9.81. The van der Waals surface area contributed by atoms with Crippen molar-refractivity contribution in [2.24, 2.45) is 11.8 Å². The summed E-state index contributed by atoms with van der Waals surface area (Å²) >= 11 is 0. The van der Waals surface area contributed by atoms with Gasteiger partial charge in [0.25, 0.3) is 0 Å². The van der Waals surface area contributed by atoms with Crippen LogP contribution in [0.25, 0.3) is 0 Å². The Hall–Kier alpha value is -5.06. The Kier molecular flexibility index (Phi) is 11.1. The molecule has 0 aliphatic carbocycles. The lowest BCUT2D eigenvalue weighted by Gasteiger charge is -2.24. The molecule has 4 aromatic carbocycles. The van der Waals surface area contributed by atoms with Crippen LogP contribution in [0.3, 0.4) is 0 Å². The highest BCUT2D eigenvalue weighted by molar-refractivity contribution is 5.81. The van der Waals surface area contributed by atoms with Crippen LogP contribution in [-0.2, 0) is 9.59 Å². The van der Waals surface area contributed by atoms with Gasteiger partial charge in [-0.15, -0.1) is 0 Å². The minimum Gasteiger partial charge on any atom is -0.345 e. The first kappa shape index (κ1) is 29.9. The number of carbonyl (C=O) groups excluding carboxylic acids is 2. The average molecular weight is 553 g/mol. The molecule has 0 saturated heterocycles. The number of hydrogen-bond donors (Lipinski definition) is 2. The van der Waals surface area contributed by atoms with Gasteiger partial charge in [-0.3, -0.25) is 9.59 Å². The number of rotatable bonds is 10. The quantitative estimate of drug-likeness (QED) is 0.232. The van der Waals surface area contributed by atoms with E-state index in [-0.39, 0.29) is 48.6 Å². The van der Waals surface area contributed by atoms with E-state index in [1.807, 2.05) is 86.6 Å². The fourth-order valence-electron chi connectivity index (χ4n) is 5.25. The van der Waals surface area contributed by atoms with Crippen LogP contribution in [0.15, 0.2) is 121 Å². The molecule has 42 heavy (non-hydrogen) atoms. The van der Waals surface area contributed by atoms with Gasteiger partial charge in [-0.05, 0) is 34.1 Å². The summed E-state index contributed by atoms with van der Waals surface area (Å²) in [6.07, 6.45) is 0. The molecule has 0 saturated carbocycles. The molecule has 4 nitrogen and oxygen atoms in total. The number of hydrogen-bond acceptors (Lipinski definition) is 2. The topological polar surface area (TPSA) is 58.2 Å². The predicted octanol–water partition coefficient (Wildman–Crippen LogP) is 6.16. The fourth-order valence-corrected chi connectivity index (χ4v) is 5.25. The molecule has 2 amide bonds. The molecule has 0 fully saturated rings. The van der Waals surface area contributed by atoms with E-state index in [2.05, 4.69) is 82.8 Å². The first-order valence-electron chi connectivity index (χ1n) is 14.3. The monoisotopic (exact) mass is 552 g/mol. The maximum absolute atomic E-state index is 13.0. The zero-order valence-corrected chi connectivity index (χ0v) is 24.1. The number of nitrogens with one attached hydrogen (secondary N) is 2. The van der Waals surface area contributed by atoms with Crippen molar-refractivity contribution in [3.05, 3.63) is 144 Å². The third-order valence-electron chi connectivity index (χ3n) is 7.40. The minimum absolute atomic E-state index is 0.0606. The van der Waals surface area contributed by atoms with Gasteiger partial charge in [-0.1, -0.05) is 147 Å². The van der Waals surface area contributed by atoms with Gasteiger partial charge < -0.3 is 10.6 Å². The zero-order valence-electron chi connectivity index (χ0n) is 24.1. The normalized spacial score (nSPS) is 11.8. The molecule has 0 spiro atoms. The first-order valence-corrected chi connectivity index (χ1v) is 14.3. The van der Waals surface area contributed by atoms with E-state index in [0.29, 0.717) is 0 Å². The maximum atomic E-state index is 13.0. The third kappa shape index (κ3) is 8.23. The van der Waals surface area contributed by atoms with Crippen molar-refractivity contribution in [1.29, 1.82) is 0 Å². The Morgan fingerprint density at radius 3 is 1.02 bits per heavy atom. The molecular weight excluding hydrogens is 516 g/mol. The molecule has 210 valence electrons. The van der Waals surface area contributed by atoms with E-state index in [1.54, 1.807) is 0 Å². The number of benzene rings is 4. The minimum atomic E-state index is -0.282. The van der Waals surface area contributed by atoms with Crippen LogP contribution >= 0.6 is 0 Å². The summed E-state index contributed by atoms with van der Waals surface area (Å²) in [4.78, 5) is 26.0. The van der Waals surface area contributed by atoms with Gasteiger partial charge >= 0.3 is 0 Å². The summed E-state index contributed by atoms with van der Waals surface area (Å²) in [5.74, 6) is 10.5. The molecular formula is C38H36N2O2. The Labute approximate surface area is 249 Å². The highest BCUT2D eigenvalue weighted by Crippen LogP contribution is 2.33. The van der Waals surface area contributed by atoms with Crippen LogP contribution in [0.2, 0.25) is 0 Å². The van der Waals surface area contributed by atoms with Crippen LogP contribution in [0, 0.1) is 35.5 Å². The van der Waals surface area contributed by atoms with E-state index in [4.69, 9.17) is 0 Å². The van der Waals surface area contributed by atoms with Crippen molar-refractivity contribution in [3.8, 4) is 23.7 Å². The van der Waals surface area contributed by atoms with Gasteiger partial charge in [0.15, 0.2) is 0 Å². The molecule has 0 aliphatic heterocycles. The number of carbonyl (C=O) groups is 2. The van der Waals surface area contributed by atoms with E-state index in [1.165, 1.54) is 0 Å². The fraction of sp³-hybridized carbons (Fsp3) is 0.211. The van der Waals surface area contributed by atoms with Crippen molar-refractivity contribution in [3.63, 3.8) is 0 Å². The van der Waals surface area contributed by atoms with Gasteiger partial charge in [0.2, 0.25) is 11.8 Å². The summed E-state index contributed by atoms with van der Waals surface area (Å²) in [6, 6.07) is 40.3. The molecule has 2 atom stereocenters. The molecule has 0 aliphatic rings. The van der Waals surface area contributed by atoms with Crippen molar-refractivity contribution >= 4 is 11.8 Å². The highest BCUT2D eigenvalue weighted by Gasteiger charge is 2.27. The van der Waals surface area contributed by atoms with Crippen LogP contribution in [0.1, 0.15) is 47.9 Å². The van der Waals surface area contributed by atoms with Gasteiger partial charge in [0.05, 0.1) is 13.1 Å². The summed E-state index contributed by atoms with van der Waals surface area (Å²) in [6.45, 7) is 4.29.